The molecule has 0 spiro atoms. The highest BCUT2D eigenvalue weighted by Gasteiger charge is 2.26. The van der Waals surface area contributed by atoms with Gasteiger partial charge in [0.2, 0.25) is 0 Å². The molecule has 140 valence electrons. The van der Waals surface area contributed by atoms with Crippen LogP contribution in [0.15, 0.2) is 30.3 Å². The zero-order valence-electron chi connectivity index (χ0n) is 16.1. The van der Waals surface area contributed by atoms with Gasteiger partial charge in [-0.1, -0.05) is 37.6 Å². The quantitative estimate of drug-likeness (QED) is 0.764. The van der Waals surface area contributed by atoms with Crippen molar-refractivity contribution < 1.29 is 9.53 Å². The Morgan fingerprint density at radius 1 is 1.38 bits per heavy atom. The Morgan fingerprint density at radius 3 is 2.88 bits per heavy atom. The number of ether oxygens (including phenoxy) is 1. The van der Waals surface area contributed by atoms with E-state index in [1.807, 2.05) is 30.1 Å². The zero-order chi connectivity index (χ0) is 18.5. The van der Waals surface area contributed by atoms with Crippen molar-refractivity contribution in [2.75, 3.05) is 13.2 Å². The molecular weight excluding hydrogens is 326 g/mol. The standard InChI is InChI=1S/C21H29N3O2/c1-4-8-18-13-20(23(3)22-18)21(25)24(15-19-11-7-12-26-19)14-17-10-6-5-9-16(17)2/h5-6,9-10,13,19H,4,7-8,11-12,14-15H2,1-3H3/t19-/m0/s1. The fourth-order valence-corrected chi connectivity index (χ4v) is 3.51. The van der Waals surface area contributed by atoms with Crippen molar-refractivity contribution in [1.29, 1.82) is 0 Å². The molecule has 5 heteroatoms. The minimum Gasteiger partial charge on any atom is -0.376 e. The van der Waals surface area contributed by atoms with E-state index in [1.165, 1.54) is 11.1 Å². The van der Waals surface area contributed by atoms with Crippen molar-refractivity contribution in [3.63, 3.8) is 0 Å². The van der Waals surface area contributed by atoms with Crippen LogP contribution in [-0.4, -0.2) is 39.8 Å². The maximum Gasteiger partial charge on any atom is 0.272 e. The Kier molecular flexibility index (Phi) is 6.09. The molecule has 2 heterocycles. The summed E-state index contributed by atoms with van der Waals surface area (Å²) in [5, 5.41) is 4.50. The second kappa shape index (κ2) is 8.49. The molecule has 1 aromatic heterocycles. The van der Waals surface area contributed by atoms with Crippen LogP contribution >= 0.6 is 0 Å². The van der Waals surface area contributed by atoms with E-state index in [2.05, 4.69) is 31.1 Å². The van der Waals surface area contributed by atoms with Gasteiger partial charge < -0.3 is 9.64 Å². The maximum atomic E-state index is 13.3. The van der Waals surface area contributed by atoms with Crippen LogP contribution in [0.5, 0.6) is 0 Å². The molecule has 2 aromatic rings. The predicted octanol–water partition coefficient (Wildman–Crippen LogP) is 3.50. The van der Waals surface area contributed by atoms with Gasteiger partial charge in [0, 0.05) is 26.7 Å². The molecule has 1 atom stereocenters. The van der Waals surface area contributed by atoms with Gasteiger partial charge in [-0.25, -0.2) is 0 Å². The first-order chi connectivity index (χ1) is 12.6. The van der Waals surface area contributed by atoms with E-state index in [0.717, 1.165) is 38.0 Å². The lowest BCUT2D eigenvalue weighted by molar-refractivity contribution is 0.0498. The number of aryl methyl sites for hydroxylation is 3. The van der Waals surface area contributed by atoms with E-state index in [4.69, 9.17) is 4.74 Å². The lowest BCUT2D eigenvalue weighted by Crippen LogP contribution is -2.38. The summed E-state index contributed by atoms with van der Waals surface area (Å²) in [4.78, 5) is 15.2. The highest BCUT2D eigenvalue weighted by Crippen LogP contribution is 2.19. The number of benzene rings is 1. The molecule has 1 aliphatic heterocycles. The highest BCUT2D eigenvalue weighted by atomic mass is 16.5. The number of hydrogen-bond donors (Lipinski definition) is 0. The second-order valence-electron chi connectivity index (χ2n) is 7.14. The molecule has 0 radical (unpaired) electrons. The molecule has 0 N–H and O–H groups in total. The first kappa shape index (κ1) is 18.6. The molecule has 1 amide bonds. The minimum absolute atomic E-state index is 0.0288. The minimum atomic E-state index is 0.0288. The van der Waals surface area contributed by atoms with E-state index >= 15 is 0 Å². The number of rotatable bonds is 7. The molecule has 1 aliphatic rings. The van der Waals surface area contributed by atoms with Crippen LogP contribution in [0.25, 0.3) is 0 Å². The van der Waals surface area contributed by atoms with Crippen LogP contribution in [0, 0.1) is 6.92 Å². The Hall–Kier alpha value is -2.14. The molecule has 3 rings (SSSR count). The molecule has 1 fully saturated rings. The van der Waals surface area contributed by atoms with Gasteiger partial charge in [-0.05, 0) is 43.4 Å². The molecule has 1 saturated heterocycles. The van der Waals surface area contributed by atoms with Crippen LogP contribution in [0.4, 0.5) is 0 Å². The van der Waals surface area contributed by atoms with Gasteiger partial charge in [-0.15, -0.1) is 0 Å². The van der Waals surface area contributed by atoms with Crippen molar-refractivity contribution in [1.82, 2.24) is 14.7 Å². The molecule has 26 heavy (non-hydrogen) atoms. The number of nitrogens with zero attached hydrogens (tertiary/aromatic N) is 3. The van der Waals surface area contributed by atoms with Crippen molar-refractivity contribution in [2.24, 2.45) is 7.05 Å². The van der Waals surface area contributed by atoms with Gasteiger partial charge in [0.15, 0.2) is 0 Å². The Balaban J connectivity index is 1.84. The summed E-state index contributed by atoms with van der Waals surface area (Å²) >= 11 is 0. The molecule has 0 saturated carbocycles. The van der Waals surface area contributed by atoms with Crippen LogP contribution in [-0.2, 0) is 24.8 Å². The van der Waals surface area contributed by atoms with E-state index in [0.29, 0.717) is 18.8 Å². The SMILES string of the molecule is CCCc1cc(C(=O)N(Cc2ccccc2C)C[C@@H]2CCCO2)n(C)n1. The number of aromatic nitrogens is 2. The summed E-state index contributed by atoms with van der Waals surface area (Å²) < 4.78 is 7.51. The average Bonchev–Trinajstić information content (AvgIpc) is 3.25. The number of carbonyl (C=O) groups is 1. The van der Waals surface area contributed by atoms with E-state index in [1.54, 1.807) is 4.68 Å². The van der Waals surface area contributed by atoms with Gasteiger partial charge in [-0.3, -0.25) is 9.48 Å². The highest BCUT2D eigenvalue weighted by molar-refractivity contribution is 5.92. The summed E-state index contributed by atoms with van der Waals surface area (Å²) in [5.41, 5.74) is 4.01. The largest absolute Gasteiger partial charge is 0.376 e. The Labute approximate surface area is 156 Å². The normalized spacial score (nSPS) is 16.8. The van der Waals surface area contributed by atoms with Crippen molar-refractivity contribution in [2.45, 2.75) is 52.2 Å². The first-order valence-corrected chi connectivity index (χ1v) is 9.56. The topological polar surface area (TPSA) is 47.4 Å². The molecule has 0 unspecified atom stereocenters. The van der Waals surface area contributed by atoms with Crippen molar-refractivity contribution in [3.8, 4) is 0 Å². The van der Waals surface area contributed by atoms with Crippen molar-refractivity contribution in [3.05, 3.63) is 52.8 Å². The lowest BCUT2D eigenvalue weighted by atomic mass is 10.1. The zero-order valence-corrected chi connectivity index (χ0v) is 16.1. The summed E-state index contributed by atoms with van der Waals surface area (Å²) in [5.74, 6) is 0.0288. The third-order valence-corrected chi connectivity index (χ3v) is 5.01. The summed E-state index contributed by atoms with van der Waals surface area (Å²) in [6, 6.07) is 10.2. The van der Waals surface area contributed by atoms with Crippen LogP contribution < -0.4 is 0 Å². The van der Waals surface area contributed by atoms with Gasteiger partial charge in [0.1, 0.15) is 5.69 Å². The molecule has 0 bridgehead atoms. The van der Waals surface area contributed by atoms with Crippen molar-refractivity contribution >= 4 is 5.91 Å². The molecule has 5 nitrogen and oxygen atoms in total. The molecular formula is C21H29N3O2. The monoisotopic (exact) mass is 355 g/mol. The average molecular weight is 355 g/mol. The van der Waals surface area contributed by atoms with Gasteiger partial charge in [0.25, 0.3) is 5.91 Å². The third kappa shape index (κ3) is 4.33. The number of amides is 1. The van der Waals surface area contributed by atoms with Crippen LogP contribution in [0.3, 0.4) is 0 Å². The summed E-state index contributed by atoms with van der Waals surface area (Å²) in [7, 11) is 1.85. The van der Waals surface area contributed by atoms with Crippen LogP contribution in [0.1, 0.15) is 53.5 Å². The second-order valence-corrected chi connectivity index (χ2v) is 7.14. The predicted molar refractivity (Wildman–Crippen MR) is 102 cm³/mol. The van der Waals surface area contributed by atoms with E-state index in [9.17, 15) is 4.79 Å². The van der Waals surface area contributed by atoms with E-state index < -0.39 is 0 Å². The fourth-order valence-electron chi connectivity index (χ4n) is 3.51. The Morgan fingerprint density at radius 2 is 2.19 bits per heavy atom. The number of carbonyl (C=O) groups excluding carboxylic acids is 1. The van der Waals surface area contributed by atoms with Crippen LogP contribution in [0.2, 0.25) is 0 Å². The smallest absolute Gasteiger partial charge is 0.272 e. The summed E-state index contributed by atoms with van der Waals surface area (Å²) in [6.45, 7) is 6.23. The third-order valence-electron chi connectivity index (χ3n) is 5.01. The number of hydrogen-bond acceptors (Lipinski definition) is 3. The first-order valence-electron chi connectivity index (χ1n) is 9.56. The summed E-state index contributed by atoms with van der Waals surface area (Å²) in [6.07, 6.45) is 4.14. The van der Waals surface area contributed by atoms with Gasteiger partial charge >= 0.3 is 0 Å². The van der Waals surface area contributed by atoms with Gasteiger partial charge in [-0.2, -0.15) is 5.10 Å². The van der Waals surface area contributed by atoms with E-state index in [-0.39, 0.29) is 12.0 Å². The molecule has 1 aromatic carbocycles. The fraction of sp³-hybridized carbons (Fsp3) is 0.524. The Bertz CT molecular complexity index is 747. The van der Waals surface area contributed by atoms with Gasteiger partial charge in [0.05, 0.1) is 11.8 Å². The molecule has 0 aliphatic carbocycles. The maximum absolute atomic E-state index is 13.3. The lowest BCUT2D eigenvalue weighted by Gasteiger charge is -2.26.